The number of benzene rings is 2. The third kappa shape index (κ3) is 6.25. The van der Waals surface area contributed by atoms with E-state index in [9.17, 15) is 18.0 Å². The van der Waals surface area contributed by atoms with Crippen LogP contribution in [0.15, 0.2) is 42.5 Å². The molecule has 1 aliphatic rings. The summed E-state index contributed by atoms with van der Waals surface area (Å²) in [6.07, 6.45) is -1.78. The van der Waals surface area contributed by atoms with Gasteiger partial charge in [0, 0.05) is 37.1 Å². The van der Waals surface area contributed by atoms with Crippen LogP contribution in [0.3, 0.4) is 0 Å². The van der Waals surface area contributed by atoms with Crippen molar-refractivity contribution in [1.82, 2.24) is 15.3 Å². The van der Waals surface area contributed by atoms with Crippen molar-refractivity contribution in [2.75, 3.05) is 24.3 Å². The highest BCUT2D eigenvalue weighted by atomic mass is 35.5. The molecule has 0 aliphatic heterocycles. The topological polar surface area (TPSA) is 79.4 Å². The molecule has 0 bridgehead atoms. The Labute approximate surface area is 205 Å². The molecule has 11 heteroatoms. The zero-order valence-electron chi connectivity index (χ0n) is 19.2. The van der Waals surface area contributed by atoms with Gasteiger partial charge in [-0.05, 0) is 56.0 Å². The molecule has 1 aliphatic carbocycles. The molecule has 2 N–H and O–H groups in total. The number of nitrogens with one attached hydrogen (secondary N) is 2. The number of carbonyl (C=O) groups is 1. The number of para-hydroxylation sites is 1. The molecular formula is C24H25ClF3N5O2. The highest BCUT2D eigenvalue weighted by molar-refractivity contribution is 6.32. The van der Waals surface area contributed by atoms with E-state index in [0.717, 1.165) is 48.5 Å². The fourth-order valence-electron chi connectivity index (χ4n) is 4.15. The zero-order valence-corrected chi connectivity index (χ0v) is 20.0. The molecule has 1 heterocycles. The second-order valence-electron chi connectivity index (χ2n) is 8.64. The molecule has 3 aromatic rings. The Balaban J connectivity index is 1.34. The van der Waals surface area contributed by atoms with Crippen molar-refractivity contribution in [2.24, 2.45) is 0 Å². The first-order chi connectivity index (χ1) is 16.6. The van der Waals surface area contributed by atoms with Crippen LogP contribution in [0.25, 0.3) is 10.9 Å². The Hall–Kier alpha value is -3.27. The molecule has 0 radical (unpaired) electrons. The van der Waals surface area contributed by atoms with Crippen LogP contribution in [-0.4, -0.2) is 48.4 Å². The molecular weight excluding hydrogens is 483 g/mol. The summed E-state index contributed by atoms with van der Waals surface area (Å²) in [5.41, 5.74) is 1.03. The van der Waals surface area contributed by atoms with Gasteiger partial charge in [0.2, 0.25) is 5.95 Å². The molecule has 0 saturated heterocycles. The predicted octanol–water partition coefficient (Wildman–Crippen LogP) is 5.40. The van der Waals surface area contributed by atoms with E-state index in [2.05, 4.69) is 25.3 Å². The van der Waals surface area contributed by atoms with Crippen molar-refractivity contribution in [2.45, 2.75) is 44.1 Å². The van der Waals surface area contributed by atoms with Crippen molar-refractivity contribution >= 4 is 40.2 Å². The molecule has 4 rings (SSSR count). The van der Waals surface area contributed by atoms with Gasteiger partial charge in [0.25, 0.3) is 5.91 Å². The lowest BCUT2D eigenvalue weighted by Gasteiger charge is -2.30. The monoisotopic (exact) mass is 507 g/mol. The van der Waals surface area contributed by atoms with Gasteiger partial charge in [-0.3, -0.25) is 4.79 Å². The molecule has 0 unspecified atom stereocenters. The van der Waals surface area contributed by atoms with Gasteiger partial charge < -0.3 is 20.3 Å². The zero-order chi connectivity index (χ0) is 25.2. The number of halogens is 4. The summed E-state index contributed by atoms with van der Waals surface area (Å²) in [5, 5.41) is 7.05. The van der Waals surface area contributed by atoms with Crippen LogP contribution in [0, 0.1) is 0 Å². The third-order valence-electron chi connectivity index (χ3n) is 5.82. The third-order valence-corrected chi connectivity index (χ3v) is 6.12. The Morgan fingerprint density at radius 1 is 1.06 bits per heavy atom. The summed E-state index contributed by atoms with van der Waals surface area (Å²) >= 11 is 5.86. The molecule has 7 nitrogen and oxygen atoms in total. The van der Waals surface area contributed by atoms with E-state index >= 15 is 0 Å². The predicted molar refractivity (Wildman–Crippen MR) is 129 cm³/mol. The van der Waals surface area contributed by atoms with E-state index in [1.54, 1.807) is 0 Å². The van der Waals surface area contributed by atoms with Crippen molar-refractivity contribution in [3.8, 4) is 5.75 Å². The Kier molecular flexibility index (Phi) is 7.20. The van der Waals surface area contributed by atoms with Crippen molar-refractivity contribution < 1.29 is 22.7 Å². The Bertz CT molecular complexity index is 1210. The Morgan fingerprint density at radius 3 is 2.40 bits per heavy atom. The average molecular weight is 508 g/mol. The van der Waals surface area contributed by atoms with E-state index in [0.29, 0.717) is 5.95 Å². The van der Waals surface area contributed by atoms with Crippen molar-refractivity contribution in [3.63, 3.8) is 0 Å². The quantitative estimate of drug-likeness (QED) is 0.465. The molecule has 0 atom stereocenters. The van der Waals surface area contributed by atoms with E-state index in [1.165, 1.54) is 12.1 Å². The molecule has 1 aromatic heterocycles. The summed E-state index contributed by atoms with van der Waals surface area (Å²) in [5.74, 6) is 0.464. The van der Waals surface area contributed by atoms with Crippen LogP contribution < -0.4 is 20.3 Å². The van der Waals surface area contributed by atoms with E-state index in [4.69, 9.17) is 11.6 Å². The molecule has 1 fully saturated rings. The minimum atomic E-state index is -4.86. The first-order valence-corrected chi connectivity index (χ1v) is 11.5. The summed E-state index contributed by atoms with van der Waals surface area (Å²) in [7, 11) is 3.88. The molecule has 186 valence electrons. The smallest absolute Gasteiger partial charge is 0.404 e. The number of alkyl halides is 3. The second kappa shape index (κ2) is 10.2. The van der Waals surface area contributed by atoms with Gasteiger partial charge in [-0.15, -0.1) is 13.2 Å². The van der Waals surface area contributed by atoms with E-state index < -0.39 is 18.0 Å². The SMILES string of the molecule is CN(C)c1nc(NC2CCC(NC(=O)c3ccc(OC(F)(F)F)c(Cl)c3)CC2)nc2ccccc12. The van der Waals surface area contributed by atoms with Crippen LogP contribution in [0.1, 0.15) is 36.0 Å². The van der Waals surface area contributed by atoms with Gasteiger partial charge >= 0.3 is 6.36 Å². The van der Waals surface area contributed by atoms with Crippen LogP contribution in [0.2, 0.25) is 5.02 Å². The number of rotatable bonds is 6. The number of hydrogen-bond acceptors (Lipinski definition) is 6. The summed E-state index contributed by atoms with van der Waals surface area (Å²) in [6, 6.07) is 11.4. The highest BCUT2D eigenvalue weighted by Crippen LogP contribution is 2.31. The summed E-state index contributed by atoms with van der Waals surface area (Å²) in [4.78, 5) is 23.9. The number of aromatic nitrogens is 2. The average Bonchev–Trinajstić information content (AvgIpc) is 2.80. The lowest BCUT2D eigenvalue weighted by Crippen LogP contribution is -2.40. The fraction of sp³-hybridized carbons (Fsp3) is 0.375. The Morgan fingerprint density at radius 2 is 1.74 bits per heavy atom. The lowest BCUT2D eigenvalue weighted by atomic mass is 9.91. The van der Waals surface area contributed by atoms with Crippen LogP contribution in [0.5, 0.6) is 5.75 Å². The summed E-state index contributed by atoms with van der Waals surface area (Å²) < 4.78 is 41.1. The molecule has 1 amide bonds. The van der Waals surface area contributed by atoms with E-state index in [-0.39, 0.29) is 22.7 Å². The number of anilines is 2. The van der Waals surface area contributed by atoms with Crippen molar-refractivity contribution in [1.29, 1.82) is 0 Å². The van der Waals surface area contributed by atoms with Gasteiger partial charge in [0.05, 0.1) is 10.5 Å². The van der Waals surface area contributed by atoms with Crippen LogP contribution in [-0.2, 0) is 0 Å². The van der Waals surface area contributed by atoms with E-state index in [1.807, 2.05) is 43.3 Å². The minimum absolute atomic E-state index is 0.0553. The normalized spacial score (nSPS) is 18.2. The molecule has 2 aromatic carbocycles. The largest absolute Gasteiger partial charge is 0.573 e. The van der Waals surface area contributed by atoms with Gasteiger partial charge in [-0.2, -0.15) is 4.98 Å². The maximum Gasteiger partial charge on any atom is 0.573 e. The number of nitrogens with zero attached hydrogens (tertiary/aromatic N) is 3. The maximum absolute atomic E-state index is 12.6. The second-order valence-corrected chi connectivity index (χ2v) is 9.05. The summed E-state index contributed by atoms with van der Waals surface area (Å²) in [6.45, 7) is 0. The molecule has 0 spiro atoms. The first kappa shape index (κ1) is 24.8. The first-order valence-electron chi connectivity index (χ1n) is 11.2. The number of ether oxygens (including phenoxy) is 1. The molecule has 35 heavy (non-hydrogen) atoms. The molecule has 1 saturated carbocycles. The number of carbonyl (C=O) groups excluding carboxylic acids is 1. The standard InChI is InChI=1S/C24H25ClF3N5O2/c1-33(2)21-17-5-3-4-6-19(17)31-23(32-21)30-16-10-8-15(9-11-16)29-22(34)14-7-12-20(18(25)13-14)35-24(26,27)28/h3-7,12-13,15-16H,8-11H2,1-2H3,(H,29,34)(H,30,31,32). The number of amides is 1. The van der Waals surface area contributed by atoms with Gasteiger partial charge in [0.15, 0.2) is 0 Å². The van der Waals surface area contributed by atoms with Gasteiger partial charge in [0.1, 0.15) is 11.6 Å². The minimum Gasteiger partial charge on any atom is -0.404 e. The van der Waals surface area contributed by atoms with Crippen molar-refractivity contribution in [3.05, 3.63) is 53.1 Å². The van der Waals surface area contributed by atoms with Gasteiger partial charge in [-0.1, -0.05) is 23.7 Å². The van der Waals surface area contributed by atoms with Gasteiger partial charge in [-0.25, -0.2) is 4.98 Å². The maximum atomic E-state index is 12.6. The lowest BCUT2D eigenvalue weighted by molar-refractivity contribution is -0.274. The fourth-order valence-corrected chi connectivity index (χ4v) is 4.37. The highest BCUT2D eigenvalue weighted by Gasteiger charge is 2.32. The van der Waals surface area contributed by atoms with Crippen LogP contribution >= 0.6 is 11.6 Å². The van der Waals surface area contributed by atoms with Crippen LogP contribution in [0.4, 0.5) is 24.9 Å². The number of fused-ring (bicyclic) bond motifs is 1. The number of hydrogen-bond donors (Lipinski definition) is 2.